The SMILES string of the molecule is C[C@@H]1C(=O)Nc2ccc(C(=O)COc3ccc(C(N)=O)cc3)cc21. The van der Waals surface area contributed by atoms with Crippen LogP contribution in [0.15, 0.2) is 42.5 Å². The molecule has 3 N–H and O–H groups in total. The molecule has 2 amide bonds. The molecule has 1 aliphatic rings. The van der Waals surface area contributed by atoms with Crippen molar-refractivity contribution >= 4 is 23.3 Å². The van der Waals surface area contributed by atoms with E-state index in [2.05, 4.69) is 5.32 Å². The van der Waals surface area contributed by atoms with Crippen LogP contribution in [0.2, 0.25) is 0 Å². The van der Waals surface area contributed by atoms with E-state index in [1.54, 1.807) is 37.3 Å². The summed E-state index contributed by atoms with van der Waals surface area (Å²) in [5.74, 6) is -0.577. The molecule has 1 atom stereocenters. The molecule has 1 heterocycles. The number of hydrogen-bond donors (Lipinski definition) is 2. The molecule has 122 valence electrons. The molecule has 2 aromatic carbocycles. The third-order valence-corrected chi connectivity index (χ3v) is 4.00. The first-order chi connectivity index (χ1) is 11.5. The van der Waals surface area contributed by atoms with E-state index < -0.39 is 5.91 Å². The van der Waals surface area contributed by atoms with Crippen molar-refractivity contribution in [3.63, 3.8) is 0 Å². The van der Waals surface area contributed by atoms with Gasteiger partial charge in [-0.15, -0.1) is 0 Å². The maximum atomic E-state index is 12.3. The topological polar surface area (TPSA) is 98.5 Å². The summed E-state index contributed by atoms with van der Waals surface area (Å²) in [6.45, 7) is 1.66. The minimum Gasteiger partial charge on any atom is -0.485 e. The molecule has 0 aromatic heterocycles. The van der Waals surface area contributed by atoms with Crippen LogP contribution in [-0.2, 0) is 4.79 Å². The Kier molecular flexibility index (Phi) is 4.04. The number of hydrogen-bond acceptors (Lipinski definition) is 4. The van der Waals surface area contributed by atoms with Gasteiger partial charge in [-0.2, -0.15) is 0 Å². The second-order valence-electron chi connectivity index (χ2n) is 5.61. The number of nitrogens with one attached hydrogen (secondary N) is 1. The molecule has 0 spiro atoms. The van der Waals surface area contributed by atoms with Gasteiger partial charge in [0.2, 0.25) is 11.8 Å². The number of rotatable bonds is 5. The maximum absolute atomic E-state index is 12.3. The highest BCUT2D eigenvalue weighted by atomic mass is 16.5. The van der Waals surface area contributed by atoms with Gasteiger partial charge in [0.25, 0.3) is 0 Å². The van der Waals surface area contributed by atoms with Crippen LogP contribution in [-0.4, -0.2) is 24.2 Å². The zero-order chi connectivity index (χ0) is 17.3. The predicted octanol–water partition coefficient (Wildman–Crippen LogP) is 2.10. The Bertz CT molecular complexity index is 827. The summed E-state index contributed by atoms with van der Waals surface area (Å²) in [5, 5.41) is 2.77. The number of amides is 2. The van der Waals surface area contributed by atoms with Crippen LogP contribution < -0.4 is 15.8 Å². The van der Waals surface area contributed by atoms with Crippen molar-refractivity contribution in [1.29, 1.82) is 0 Å². The standard InChI is InChI=1S/C18H16N2O4/c1-10-14-8-12(4-7-15(14)20-18(10)23)16(21)9-24-13-5-2-11(3-6-13)17(19)22/h2-8,10H,9H2,1H3,(H2,19,22)(H,20,23)/t10-/m0/s1. The lowest BCUT2D eigenvalue weighted by atomic mass is 9.99. The largest absolute Gasteiger partial charge is 0.485 e. The molecule has 3 rings (SSSR count). The maximum Gasteiger partial charge on any atom is 0.248 e. The van der Waals surface area contributed by atoms with Crippen molar-refractivity contribution in [2.45, 2.75) is 12.8 Å². The van der Waals surface area contributed by atoms with Crippen LogP contribution in [0, 0.1) is 0 Å². The number of Topliss-reactive ketones (excluding diaryl/α,β-unsaturated/α-hetero) is 1. The minimum absolute atomic E-state index is 0.0691. The zero-order valence-electron chi connectivity index (χ0n) is 13.0. The number of ether oxygens (including phenoxy) is 1. The monoisotopic (exact) mass is 324 g/mol. The molecule has 0 radical (unpaired) electrons. The van der Waals surface area contributed by atoms with Crippen molar-refractivity contribution < 1.29 is 19.1 Å². The van der Waals surface area contributed by atoms with E-state index in [0.29, 0.717) is 16.9 Å². The normalized spacial score (nSPS) is 15.5. The molecule has 6 nitrogen and oxygen atoms in total. The Morgan fingerprint density at radius 2 is 1.79 bits per heavy atom. The Hall–Kier alpha value is -3.15. The van der Waals surface area contributed by atoms with Gasteiger partial charge in [0.15, 0.2) is 12.4 Å². The minimum atomic E-state index is -0.520. The van der Waals surface area contributed by atoms with Crippen LogP contribution in [0.5, 0.6) is 5.75 Å². The molecular weight excluding hydrogens is 308 g/mol. The molecule has 2 aromatic rings. The quantitative estimate of drug-likeness (QED) is 0.823. The summed E-state index contributed by atoms with van der Waals surface area (Å²) in [5.41, 5.74) is 7.59. The van der Waals surface area contributed by atoms with Crippen molar-refractivity contribution in [2.75, 3.05) is 11.9 Å². The number of nitrogens with two attached hydrogens (primary N) is 1. The van der Waals surface area contributed by atoms with E-state index in [1.165, 1.54) is 12.1 Å². The number of carbonyl (C=O) groups excluding carboxylic acids is 3. The van der Waals surface area contributed by atoms with Gasteiger partial charge in [0, 0.05) is 16.8 Å². The van der Waals surface area contributed by atoms with Crippen LogP contribution in [0.3, 0.4) is 0 Å². The molecule has 0 saturated carbocycles. The van der Waals surface area contributed by atoms with Crippen molar-refractivity contribution in [1.82, 2.24) is 0 Å². The van der Waals surface area contributed by atoms with Gasteiger partial charge in [-0.25, -0.2) is 0 Å². The van der Waals surface area contributed by atoms with E-state index in [-0.39, 0.29) is 24.2 Å². The molecule has 0 aliphatic carbocycles. The Labute approximate surface area is 138 Å². The molecular formula is C18H16N2O4. The summed E-state index contributed by atoms with van der Waals surface area (Å²) < 4.78 is 5.44. The highest BCUT2D eigenvalue weighted by Crippen LogP contribution is 2.32. The molecule has 6 heteroatoms. The highest BCUT2D eigenvalue weighted by molar-refractivity contribution is 6.05. The number of benzene rings is 2. The lowest BCUT2D eigenvalue weighted by molar-refractivity contribution is -0.116. The fourth-order valence-corrected chi connectivity index (χ4v) is 2.54. The molecule has 24 heavy (non-hydrogen) atoms. The lowest BCUT2D eigenvalue weighted by Crippen LogP contribution is -2.13. The van der Waals surface area contributed by atoms with Crippen LogP contribution >= 0.6 is 0 Å². The van der Waals surface area contributed by atoms with Gasteiger partial charge in [-0.05, 0) is 55.0 Å². The Balaban J connectivity index is 1.68. The van der Waals surface area contributed by atoms with Crippen molar-refractivity contribution in [2.24, 2.45) is 5.73 Å². The Morgan fingerprint density at radius 3 is 2.46 bits per heavy atom. The average Bonchev–Trinajstić information content (AvgIpc) is 2.87. The van der Waals surface area contributed by atoms with Crippen LogP contribution in [0.25, 0.3) is 0 Å². The van der Waals surface area contributed by atoms with Crippen molar-refractivity contribution in [3.05, 3.63) is 59.2 Å². The number of fused-ring (bicyclic) bond motifs is 1. The third-order valence-electron chi connectivity index (χ3n) is 4.00. The van der Waals surface area contributed by atoms with Crippen LogP contribution in [0.4, 0.5) is 5.69 Å². The van der Waals surface area contributed by atoms with E-state index >= 15 is 0 Å². The van der Waals surface area contributed by atoms with Gasteiger partial charge in [-0.1, -0.05) is 0 Å². The van der Waals surface area contributed by atoms with Gasteiger partial charge >= 0.3 is 0 Å². The number of ketones is 1. The van der Waals surface area contributed by atoms with E-state index in [9.17, 15) is 14.4 Å². The summed E-state index contributed by atoms with van der Waals surface area (Å²) in [6.07, 6.45) is 0. The summed E-state index contributed by atoms with van der Waals surface area (Å²) in [6, 6.07) is 11.4. The van der Waals surface area contributed by atoms with Gasteiger partial charge in [0.1, 0.15) is 5.75 Å². The molecule has 0 saturated heterocycles. The molecule has 1 aliphatic heterocycles. The number of primary amides is 1. The molecule has 0 unspecified atom stereocenters. The first-order valence-corrected chi connectivity index (χ1v) is 7.46. The fourth-order valence-electron chi connectivity index (χ4n) is 2.54. The van der Waals surface area contributed by atoms with Crippen molar-refractivity contribution in [3.8, 4) is 5.75 Å². The predicted molar refractivity (Wildman–Crippen MR) is 88.3 cm³/mol. The second kappa shape index (κ2) is 6.16. The average molecular weight is 324 g/mol. The van der Waals surface area contributed by atoms with E-state index in [0.717, 1.165) is 11.3 Å². The van der Waals surface area contributed by atoms with Gasteiger partial charge in [-0.3, -0.25) is 14.4 Å². The number of anilines is 1. The zero-order valence-corrected chi connectivity index (χ0v) is 13.0. The summed E-state index contributed by atoms with van der Waals surface area (Å²) in [4.78, 5) is 34.9. The number of carbonyl (C=O) groups is 3. The lowest BCUT2D eigenvalue weighted by Gasteiger charge is -2.08. The summed E-state index contributed by atoms with van der Waals surface area (Å²) >= 11 is 0. The van der Waals surface area contributed by atoms with E-state index in [4.69, 9.17) is 10.5 Å². The van der Waals surface area contributed by atoms with E-state index in [1.807, 2.05) is 0 Å². The smallest absolute Gasteiger partial charge is 0.248 e. The van der Waals surface area contributed by atoms with Crippen LogP contribution in [0.1, 0.15) is 39.1 Å². The third kappa shape index (κ3) is 2.99. The highest BCUT2D eigenvalue weighted by Gasteiger charge is 2.27. The Morgan fingerprint density at radius 1 is 1.12 bits per heavy atom. The van der Waals surface area contributed by atoms with Gasteiger partial charge in [0.05, 0.1) is 5.92 Å². The molecule has 0 bridgehead atoms. The first kappa shape index (κ1) is 15.7. The molecule has 0 fully saturated rings. The first-order valence-electron chi connectivity index (χ1n) is 7.46. The second-order valence-corrected chi connectivity index (χ2v) is 5.61. The van der Waals surface area contributed by atoms with Gasteiger partial charge < -0.3 is 15.8 Å². The summed E-state index contributed by atoms with van der Waals surface area (Å²) in [7, 11) is 0. The fraction of sp³-hybridized carbons (Fsp3) is 0.167.